The van der Waals surface area contributed by atoms with Crippen molar-refractivity contribution in [3.8, 4) is 0 Å². The number of hydrogen-bond acceptors (Lipinski definition) is 1. The summed E-state index contributed by atoms with van der Waals surface area (Å²) in [4.78, 5) is 10.7. The summed E-state index contributed by atoms with van der Waals surface area (Å²) in [7, 11) is 0. The van der Waals surface area contributed by atoms with Crippen molar-refractivity contribution in [2.24, 2.45) is 5.41 Å². The molecule has 0 unspecified atom stereocenters. The van der Waals surface area contributed by atoms with E-state index in [9.17, 15) is 4.79 Å². The van der Waals surface area contributed by atoms with Crippen LogP contribution in [0.4, 0.5) is 0 Å². The van der Waals surface area contributed by atoms with Crippen LogP contribution < -0.4 is 0 Å². The van der Waals surface area contributed by atoms with E-state index in [2.05, 4.69) is 33.8 Å². The van der Waals surface area contributed by atoms with Gasteiger partial charge in [-0.3, -0.25) is 0 Å². The van der Waals surface area contributed by atoms with E-state index in [4.69, 9.17) is 0 Å². The number of Topliss-reactive ketones (excluding diaryl/α,β-unsaturated/α-hetero) is 1. The Balaban J connectivity index is 3.95. The van der Waals surface area contributed by atoms with Crippen LogP contribution in [0.2, 0.25) is 0 Å². The molecular formula is C11H20O. The average molecular weight is 168 g/mol. The van der Waals surface area contributed by atoms with Crippen LogP contribution in [0.25, 0.3) is 0 Å². The molecule has 0 amide bonds. The summed E-state index contributed by atoms with van der Waals surface area (Å²) in [6.07, 6.45) is 3.82. The van der Waals surface area contributed by atoms with Gasteiger partial charge in [-0.1, -0.05) is 32.4 Å². The lowest BCUT2D eigenvalue weighted by Gasteiger charge is -2.13. The second-order valence-corrected chi connectivity index (χ2v) is 4.56. The maximum Gasteiger partial charge on any atom is 0.130 e. The Bertz CT molecular complexity index is 182. The molecule has 0 aromatic rings. The van der Waals surface area contributed by atoms with Crippen molar-refractivity contribution < 1.29 is 4.79 Å². The van der Waals surface area contributed by atoms with Gasteiger partial charge >= 0.3 is 0 Å². The molecule has 0 radical (unpaired) electrons. The largest absolute Gasteiger partial charge is 0.300 e. The molecule has 1 nitrogen and oxygen atoms in total. The summed E-state index contributed by atoms with van der Waals surface area (Å²) in [5.74, 6) is 0.275. The van der Waals surface area contributed by atoms with Crippen molar-refractivity contribution in [2.45, 2.75) is 47.5 Å². The summed E-state index contributed by atoms with van der Waals surface area (Å²) in [6, 6.07) is 0. The Morgan fingerprint density at radius 2 is 1.67 bits per heavy atom. The van der Waals surface area contributed by atoms with Gasteiger partial charge in [0, 0.05) is 6.42 Å². The second-order valence-electron chi connectivity index (χ2n) is 4.56. The zero-order chi connectivity index (χ0) is 9.78. The molecule has 0 aromatic carbocycles. The third-order valence-corrected chi connectivity index (χ3v) is 1.55. The molecule has 1 heteroatoms. The van der Waals surface area contributed by atoms with Crippen LogP contribution in [0, 0.1) is 5.41 Å². The number of ketones is 1. The highest BCUT2D eigenvalue weighted by atomic mass is 16.1. The Labute approximate surface area is 75.9 Å². The highest BCUT2D eigenvalue weighted by Gasteiger charge is 2.06. The maximum absolute atomic E-state index is 10.7. The first-order valence-electron chi connectivity index (χ1n) is 4.49. The van der Waals surface area contributed by atoms with Gasteiger partial charge in [-0.2, -0.15) is 0 Å². The lowest BCUT2D eigenvalue weighted by molar-refractivity contribution is -0.116. The second kappa shape index (κ2) is 4.44. The smallest absolute Gasteiger partial charge is 0.130 e. The van der Waals surface area contributed by atoms with Crippen LogP contribution in [-0.2, 0) is 4.79 Å². The topological polar surface area (TPSA) is 17.1 Å². The van der Waals surface area contributed by atoms with Crippen molar-refractivity contribution in [3.05, 3.63) is 11.6 Å². The van der Waals surface area contributed by atoms with E-state index >= 15 is 0 Å². The SMILES string of the molecule is CC(=O)CCC(C)=CC(C)(C)C. The van der Waals surface area contributed by atoms with E-state index in [1.807, 2.05) is 0 Å². The zero-order valence-electron chi connectivity index (χ0n) is 8.90. The summed E-state index contributed by atoms with van der Waals surface area (Å²) < 4.78 is 0. The molecule has 0 rings (SSSR count). The molecule has 0 atom stereocenters. The summed E-state index contributed by atoms with van der Waals surface area (Å²) in [5, 5.41) is 0. The Morgan fingerprint density at radius 3 is 2.00 bits per heavy atom. The molecule has 0 saturated heterocycles. The van der Waals surface area contributed by atoms with Gasteiger partial charge in [0.1, 0.15) is 5.78 Å². The van der Waals surface area contributed by atoms with Gasteiger partial charge in [-0.25, -0.2) is 0 Å². The predicted octanol–water partition coefficient (Wildman–Crippen LogP) is 3.35. The van der Waals surface area contributed by atoms with E-state index in [1.165, 1.54) is 5.57 Å². The molecule has 0 N–H and O–H groups in total. The van der Waals surface area contributed by atoms with Crippen molar-refractivity contribution >= 4 is 5.78 Å². The standard InChI is InChI=1S/C11H20O/c1-9(6-7-10(2)12)8-11(3,4)5/h8H,6-7H2,1-5H3. The zero-order valence-corrected chi connectivity index (χ0v) is 8.90. The molecule has 0 heterocycles. The Hall–Kier alpha value is -0.590. The highest BCUT2D eigenvalue weighted by molar-refractivity contribution is 5.75. The van der Waals surface area contributed by atoms with Crippen molar-refractivity contribution in [3.63, 3.8) is 0 Å². The first-order chi connectivity index (χ1) is 5.31. The van der Waals surface area contributed by atoms with Crippen molar-refractivity contribution in [1.29, 1.82) is 0 Å². The van der Waals surface area contributed by atoms with Crippen LogP contribution in [0.3, 0.4) is 0 Å². The normalized spacial score (nSPS) is 13.2. The van der Waals surface area contributed by atoms with Gasteiger partial charge in [0.15, 0.2) is 0 Å². The number of rotatable bonds is 3. The van der Waals surface area contributed by atoms with Gasteiger partial charge in [0.2, 0.25) is 0 Å². The minimum absolute atomic E-state index is 0.237. The summed E-state index contributed by atoms with van der Waals surface area (Å²) in [6.45, 7) is 10.2. The van der Waals surface area contributed by atoms with E-state index in [1.54, 1.807) is 6.92 Å². The molecular weight excluding hydrogens is 148 g/mol. The number of carbonyl (C=O) groups excluding carboxylic acids is 1. The van der Waals surface area contributed by atoms with Crippen LogP contribution in [-0.4, -0.2) is 5.78 Å². The monoisotopic (exact) mass is 168 g/mol. The number of carbonyl (C=O) groups is 1. The van der Waals surface area contributed by atoms with E-state index < -0.39 is 0 Å². The van der Waals surface area contributed by atoms with Gasteiger partial charge in [-0.05, 0) is 25.7 Å². The molecule has 0 aliphatic carbocycles. The fourth-order valence-corrected chi connectivity index (χ4v) is 1.18. The minimum atomic E-state index is 0.237. The van der Waals surface area contributed by atoms with Crippen molar-refractivity contribution in [1.82, 2.24) is 0 Å². The van der Waals surface area contributed by atoms with Gasteiger partial charge < -0.3 is 4.79 Å². The lowest BCUT2D eigenvalue weighted by atomic mass is 9.92. The first-order valence-corrected chi connectivity index (χ1v) is 4.49. The third kappa shape index (κ3) is 7.52. The van der Waals surface area contributed by atoms with Crippen LogP contribution >= 0.6 is 0 Å². The van der Waals surface area contributed by atoms with E-state index in [-0.39, 0.29) is 11.2 Å². The fraction of sp³-hybridized carbons (Fsp3) is 0.727. The Kier molecular flexibility index (Phi) is 4.22. The minimum Gasteiger partial charge on any atom is -0.300 e. The number of hydrogen-bond donors (Lipinski definition) is 0. The molecule has 0 aliphatic heterocycles. The highest BCUT2D eigenvalue weighted by Crippen LogP contribution is 2.19. The van der Waals surface area contributed by atoms with Gasteiger partial charge in [-0.15, -0.1) is 0 Å². The maximum atomic E-state index is 10.7. The van der Waals surface area contributed by atoms with E-state index in [0.717, 1.165) is 6.42 Å². The summed E-state index contributed by atoms with van der Waals surface area (Å²) >= 11 is 0. The molecule has 0 aliphatic rings. The number of allylic oxidation sites excluding steroid dienone is 2. The van der Waals surface area contributed by atoms with Crippen LogP contribution in [0.5, 0.6) is 0 Å². The molecule has 0 fully saturated rings. The molecule has 12 heavy (non-hydrogen) atoms. The molecule has 0 saturated carbocycles. The van der Waals surface area contributed by atoms with Crippen molar-refractivity contribution in [2.75, 3.05) is 0 Å². The predicted molar refractivity (Wildman–Crippen MR) is 53.1 cm³/mol. The van der Waals surface area contributed by atoms with Crippen LogP contribution in [0.1, 0.15) is 47.5 Å². The summed E-state index contributed by atoms with van der Waals surface area (Å²) in [5.41, 5.74) is 1.55. The molecule has 0 spiro atoms. The van der Waals surface area contributed by atoms with Gasteiger partial charge in [0.25, 0.3) is 0 Å². The molecule has 0 bridgehead atoms. The lowest BCUT2D eigenvalue weighted by Crippen LogP contribution is -2.01. The molecule has 70 valence electrons. The average Bonchev–Trinajstić information content (AvgIpc) is 1.79. The molecule has 0 aromatic heterocycles. The first kappa shape index (κ1) is 11.4. The van der Waals surface area contributed by atoms with Gasteiger partial charge in [0.05, 0.1) is 0 Å². The van der Waals surface area contributed by atoms with E-state index in [0.29, 0.717) is 6.42 Å². The quantitative estimate of drug-likeness (QED) is 0.591. The fourth-order valence-electron chi connectivity index (χ4n) is 1.18. The third-order valence-electron chi connectivity index (χ3n) is 1.55. The van der Waals surface area contributed by atoms with Crippen LogP contribution in [0.15, 0.2) is 11.6 Å². The Morgan fingerprint density at radius 1 is 1.17 bits per heavy atom.